The van der Waals surface area contributed by atoms with Gasteiger partial charge >= 0.3 is 12.0 Å². The van der Waals surface area contributed by atoms with Crippen molar-refractivity contribution in [1.29, 1.82) is 5.26 Å². The average molecular weight is 492 g/mol. The molecule has 10 heteroatoms. The van der Waals surface area contributed by atoms with Crippen molar-refractivity contribution in [2.24, 2.45) is 0 Å². The molecule has 188 valence electrons. The van der Waals surface area contributed by atoms with Crippen LogP contribution in [0.5, 0.6) is 0 Å². The van der Waals surface area contributed by atoms with E-state index in [9.17, 15) is 19.2 Å². The summed E-state index contributed by atoms with van der Waals surface area (Å²) in [6.45, 7) is 3.26. The van der Waals surface area contributed by atoms with Gasteiger partial charge in [0.2, 0.25) is 5.91 Å². The Morgan fingerprint density at radius 2 is 1.69 bits per heavy atom. The van der Waals surface area contributed by atoms with Crippen LogP contribution in [-0.4, -0.2) is 60.0 Å². The van der Waals surface area contributed by atoms with Gasteiger partial charge in [0.05, 0.1) is 11.6 Å². The molecule has 3 rings (SSSR count). The van der Waals surface area contributed by atoms with Gasteiger partial charge in [-0.3, -0.25) is 14.4 Å². The second-order valence-electron chi connectivity index (χ2n) is 8.63. The summed E-state index contributed by atoms with van der Waals surface area (Å²) >= 11 is 0. The molecule has 1 saturated heterocycles. The summed E-state index contributed by atoms with van der Waals surface area (Å²) in [5, 5.41) is 25.2. The third kappa shape index (κ3) is 7.30. The van der Waals surface area contributed by atoms with Gasteiger partial charge in [0.1, 0.15) is 6.42 Å². The number of carbonyl (C=O) groups excluding carboxylic acids is 3. The van der Waals surface area contributed by atoms with Crippen LogP contribution in [0.1, 0.15) is 52.2 Å². The van der Waals surface area contributed by atoms with Crippen LogP contribution in [-0.2, 0) is 9.59 Å². The number of urea groups is 1. The molecule has 0 spiro atoms. The average Bonchev–Trinajstić information content (AvgIpc) is 2.87. The molecule has 0 aromatic heterocycles. The molecular weight excluding hydrogens is 462 g/mol. The van der Waals surface area contributed by atoms with E-state index in [0.717, 1.165) is 18.4 Å². The maximum Gasteiger partial charge on any atom is 0.319 e. The second-order valence-corrected chi connectivity index (χ2v) is 8.63. The summed E-state index contributed by atoms with van der Waals surface area (Å²) in [6.07, 6.45) is 1.04. The summed E-state index contributed by atoms with van der Waals surface area (Å²) in [7, 11) is 0. The Labute approximate surface area is 209 Å². The van der Waals surface area contributed by atoms with Crippen LogP contribution in [0.25, 0.3) is 0 Å². The molecule has 1 heterocycles. The maximum absolute atomic E-state index is 13.1. The quantitative estimate of drug-likeness (QED) is 0.329. The number of nitrogens with one attached hydrogen (secondary N) is 3. The van der Waals surface area contributed by atoms with Crippen molar-refractivity contribution in [3.63, 3.8) is 0 Å². The molecule has 36 heavy (non-hydrogen) atoms. The molecule has 2 aromatic carbocycles. The van der Waals surface area contributed by atoms with E-state index in [0.29, 0.717) is 35.8 Å². The fourth-order valence-electron chi connectivity index (χ4n) is 4.06. The zero-order valence-corrected chi connectivity index (χ0v) is 20.0. The largest absolute Gasteiger partial charge is 0.481 e. The minimum Gasteiger partial charge on any atom is -0.481 e. The minimum atomic E-state index is -1.22. The molecule has 2 aromatic rings. The van der Waals surface area contributed by atoms with E-state index in [4.69, 9.17) is 10.4 Å². The highest BCUT2D eigenvalue weighted by molar-refractivity contribution is 5.97. The first kappa shape index (κ1) is 26.2. The lowest BCUT2D eigenvalue weighted by Crippen LogP contribution is -2.38. The van der Waals surface area contributed by atoms with Crippen molar-refractivity contribution >= 4 is 29.5 Å². The Kier molecular flexibility index (Phi) is 9.00. The van der Waals surface area contributed by atoms with E-state index in [1.54, 1.807) is 18.2 Å². The van der Waals surface area contributed by atoms with Crippen molar-refractivity contribution in [3.05, 3.63) is 64.7 Å². The van der Waals surface area contributed by atoms with Crippen LogP contribution >= 0.6 is 0 Å². The standard InChI is InChI=1S/C26H29N5O5/c1-17-2-5-21(14-22(17)30-26(36)29-11-10-28-23(32)15-24(33)34)25(35)31-12-8-20(9-13-31)19-6-3-18(16-27)4-7-19/h2-7,14,20H,8-13,15H2,1H3,(H,28,32)(H,33,34)(H2,29,30,36). The lowest BCUT2D eigenvalue weighted by atomic mass is 9.89. The van der Waals surface area contributed by atoms with Crippen molar-refractivity contribution < 1.29 is 24.3 Å². The van der Waals surface area contributed by atoms with Gasteiger partial charge < -0.3 is 26.0 Å². The summed E-state index contributed by atoms with van der Waals surface area (Å²) in [6, 6.07) is 14.4. The van der Waals surface area contributed by atoms with Gasteiger partial charge in [-0.1, -0.05) is 18.2 Å². The predicted molar refractivity (Wildman–Crippen MR) is 132 cm³/mol. The molecular formula is C26H29N5O5. The predicted octanol–water partition coefficient (Wildman–Crippen LogP) is 2.60. The number of hydrogen-bond donors (Lipinski definition) is 4. The van der Waals surface area contributed by atoms with Crippen molar-refractivity contribution in [3.8, 4) is 6.07 Å². The highest BCUT2D eigenvalue weighted by Gasteiger charge is 2.25. The van der Waals surface area contributed by atoms with Gasteiger partial charge in [0.15, 0.2) is 0 Å². The van der Waals surface area contributed by atoms with Gasteiger partial charge in [0, 0.05) is 37.4 Å². The number of anilines is 1. The highest BCUT2D eigenvalue weighted by Crippen LogP contribution is 2.29. The number of amides is 4. The first-order valence-corrected chi connectivity index (χ1v) is 11.7. The normalized spacial score (nSPS) is 13.4. The molecule has 10 nitrogen and oxygen atoms in total. The maximum atomic E-state index is 13.1. The zero-order valence-electron chi connectivity index (χ0n) is 20.0. The van der Waals surface area contributed by atoms with Gasteiger partial charge in [0.25, 0.3) is 5.91 Å². The number of aliphatic carboxylic acids is 1. The summed E-state index contributed by atoms with van der Waals surface area (Å²) in [4.78, 5) is 49.0. The smallest absolute Gasteiger partial charge is 0.319 e. The molecule has 4 amide bonds. The monoisotopic (exact) mass is 491 g/mol. The van der Waals surface area contributed by atoms with Gasteiger partial charge in [-0.15, -0.1) is 0 Å². The summed E-state index contributed by atoms with van der Waals surface area (Å²) < 4.78 is 0. The summed E-state index contributed by atoms with van der Waals surface area (Å²) in [5.41, 5.74) is 3.58. The van der Waals surface area contributed by atoms with Crippen LogP contribution < -0.4 is 16.0 Å². The molecule has 1 aliphatic heterocycles. The number of likely N-dealkylation sites (tertiary alicyclic amines) is 1. The Hall–Kier alpha value is -4.39. The van der Waals surface area contributed by atoms with E-state index in [-0.39, 0.29) is 19.0 Å². The Morgan fingerprint density at radius 1 is 1.03 bits per heavy atom. The second kappa shape index (κ2) is 12.4. The fraction of sp³-hybridized carbons (Fsp3) is 0.346. The number of piperidine rings is 1. The van der Waals surface area contributed by atoms with Crippen LogP contribution in [0, 0.1) is 18.3 Å². The highest BCUT2D eigenvalue weighted by atomic mass is 16.4. The zero-order chi connectivity index (χ0) is 26.1. The topological polar surface area (TPSA) is 152 Å². The molecule has 4 N–H and O–H groups in total. The van der Waals surface area contributed by atoms with Crippen LogP contribution in [0.4, 0.5) is 10.5 Å². The Morgan fingerprint density at radius 3 is 2.33 bits per heavy atom. The third-order valence-electron chi connectivity index (χ3n) is 6.07. The van der Waals surface area contributed by atoms with Crippen molar-refractivity contribution in [1.82, 2.24) is 15.5 Å². The number of hydrogen-bond acceptors (Lipinski definition) is 5. The van der Waals surface area contributed by atoms with Gasteiger partial charge in [-0.25, -0.2) is 4.79 Å². The number of carboxylic acid groups (broad SMARTS) is 1. The molecule has 0 aliphatic carbocycles. The minimum absolute atomic E-state index is 0.0927. The van der Waals surface area contributed by atoms with E-state index in [1.807, 2.05) is 36.1 Å². The third-order valence-corrected chi connectivity index (χ3v) is 6.07. The van der Waals surface area contributed by atoms with Gasteiger partial charge in [-0.05, 0) is 61.1 Å². The lowest BCUT2D eigenvalue weighted by molar-refractivity contribution is -0.140. The fourth-order valence-corrected chi connectivity index (χ4v) is 4.06. The van der Waals surface area contributed by atoms with Crippen LogP contribution in [0.2, 0.25) is 0 Å². The Balaban J connectivity index is 1.51. The van der Waals surface area contributed by atoms with Gasteiger partial charge in [-0.2, -0.15) is 5.26 Å². The Bertz CT molecular complexity index is 1160. The van der Waals surface area contributed by atoms with Crippen LogP contribution in [0.15, 0.2) is 42.5 Å². The number of nitriles is 1. The number of rotatable bonds is 8. The molecule has 0 saturated carbocycles. The molecule has 0 unspecified atom stereocenters. The van der Waals surface area contributed by atoms with Crippen molar-refractivity contribution in [2.45, 2.75) is 32.1 Å². The molecule has 0 radical (unpaired) electrons. The first-order valence-electron chi connectivity index (χ1n) is 11.7. The SMILES string of the molecule is Cc1ccc(C(=O)N2CCC(c3ccc(C#N)cc3)CC2)cc1NC(=O)NCCNC(=O)CC(=O)O. The molecule has 0 bridgehead atoms. The number of carbonyl (C=O) groups is 4. The van der Waals surface area contributed by atoms with E-state index < -0.39 is 24.3 Å². The molecule has 0 atom stereocenters. The van der Waals surface area contributed by atoms with Crippen molar-refractivity contribution in [2.75, 3.05) is 31.5 Å². The van der Waals surface area contributed by atoms with E-state index in [2.05, 4.69) is 22.0 Å². The molecule has 1 fully saturated rings. The first-order chi connectivity index (χ1) is 17.3. The number of benzene rings is 2. The number of aryl methyl sites for hydroxylation is 1. The number of carboxylic acids is 1. The summed E-state index contributed by atoms with van der Waals surface area (Å²) in [5.74, 6) is -1.61. The van der Waals surface area contributed by atoms with Crippen LogP contribution in [0.3, 0.4) is 0 Å². The van der Waals surface area contributed by atoms with E-state index in [1.165, 1.54) is 5.56 Å². The lowest BCUT2D eigenvalue weighted by Gasteiger charge is -2.32. The van der Waals surface area contributed by atoms with E-state index >= 15 is 0 Å². The number of nitrogens with zero attached hydrogens (tertiary/aromatic N) is 2. The molecule has 1 aliphatic rings.